The van der Waals surface area contributed by atoms with Crippen LogP contribution in [0.3, 0.4) is 0 Å². The Balaban J connectivity index is 1.69. The van der Waals surface area contributed by atoms with E-state index in [0.29, 0.717) is 39.8 Å². The van der Waals surface area contributed by atoms with E-state index in [0.717, 1.165) is 25.7 Å². The number of furan rings is 1. The monoisotopic (exact) mass is 443 g/mol. The summed E-state index contributed by atoms with van der Waals surface area (Å²) < 4.78 is 7.63. The summed E-state index contributed by atoms with van der Waals surface area (Å²) in [7, 11) is 0. The second kappa shape index (κ2) is 7.79. The van der Waals surface area contributed by atoms with E-state index in [2.05, 4.69) is 32.6 Å². The van der Waals surface area contributed by atoms with Crippen LogP contribution in [0.25, 0.3) is 17.2 Å². The first kappa shape index (κ1) is 18.7. The van der Waals surface area contributed by atoms with Crippen molar-refractivity contribution < 1.29 is 9.21 Å². The zero-order valence-electron chi connectivity index (χ0n) is 15.5. The Kier molecular flexibility index (Phi) is 5.21. The van der Waals surface area contributed by atoms with E-state index in [1.165, 1.54) is 10.9 Å². The quantitative estimate of drug-likeness (QED) is 0.593. The molecule has 3 heterocycles. The molecule has 0 saturated heterocycles. The highest BCUT2D eigenvalue weighted by Crippen LogP contribution is 2.26. The Morgan fingerprint density at radius 1 is 1.36 bits per heavy atom. The van der Waals surface area contributed by atoms with Crippen LogP contribution in [0, 0.1) is 0 Å². The van der Waals surface area contributed by atoms with Gasteiger partial charge in [0.1, 0.15) is 5.82 Å². The van der Waals surface area contributed by atoms with Gasteiger partial charge in [-0.2, -0.15) is 4.52 Å². The Hall–Kier alpha value is -2.61. The van der Waals surface area contributed by atoms with E-state index in [1.54, 1.807) is 30.3 Å². The first-order valence-electron chi connectivity index (χ1n) is 9.40. The summed E-state index contributed by atoms with van der Waals surface area (Å²) >= 11 is 3.27. The van der Waals surface area contributed by atoms with E-state index < -0.39 is 0 Å². The summed E-state index contributed by atoms with van der Waals surface area (Å²) in [6.45, 7) is 4.34. The maximum absolute atomic E-state index is 13.3. The molecule has 1 aliphatic rings. The zero-order valence-corrected chi connectivity index (χ0v) is 17.1. The molecule has 0 unspecified atom stereocenters. The Bertz CT molecular complexity index is 1020. The van der Waals surface area contributed by atoms with Gasteiger partial charge in [0.2, 0.25) is 5.82 Å². The molecule has 0 spiro atoms. The molecule has 2 N–H and O–H groups in total. The predicted molar refractivity (Wildman–Crippen MR) is 111 cm³/mol. The van der Waals surface area contributed by atoms with Crippen LogP contribution in [-0.4, -0.2) is 38.0 Å². The lowest BCUT2D eigenvalue weighted by atomic mass is 9.93. The Labute approximate surface area is 171 Å². The van der Waals surface area contributed by atoms with Crippen LogP contribution in [0.15, 0.2) is 46.0 Å². The lowest BCUT2D eigenvalue weighted by Crippen LogP contribution is -2.41. The third-order valence-electron chi connectivity index (χ3n) is 5.11. The number of fused-ring (bicyclic) bond motifs is 1. The molecule has 7 nitrogen and oxygen atoms in total. The summed E-state index contributed by atoms with van der Waals surface area (Å²) in [4.78, 5) is 19.6. The standard InChI is InChI=1S/C20H22BrN5O2/c1-2-10-25(14-6-4-3-5-7-14)20(27)13-11-17(22)26-18(12-13)23-19(24-26)15-8-9-16(21)28-15/h2,8-9,11-12,14H,1,3-7,10,22H2. The van der Waals surface area contributed by atoms with Crippen LogP contribution in [0.2, 0.25) is 0 Å². The van der Waals surface area contributed by atoms with E-state index in [9.17, 15) is 4.79 Å². The summed E-state index contributed by atoms with van der Waals surface area (Å²) in [5.74, 6) is 1.24. The topological polar surface area (TPSA) is 89.7 Å². The molecule has 1 saturated carbocycles. The summed E-state index contributed by atoms with van der Waals surface area (Å²) in [6, 6.07) is 7.18. The first-order chi connectivity index (χ1) is 13.6. The van der Waals surface area contributed by atoms with Crippen LogP contribution < -0.4 is 5.73 Å². The van der Waals surface area contributed by atoms with E-state index in [1.807, 2.05) is 4.90 Å². The summed E-state index contributed by atoms with van der Waals surface area (Å²) in [5, 5.41) is 4.39. The number of rotatable bonds is 5. The fourth-order valence-corrected chi connectivity index (χ4v) is 4.07. The average Bonchev–Trinajstić information content (AvgIpc) is 3.32. The SMILES string of the molecule is C=CCN(C(=O)c1cc(N)n2nc(-c3ccc(Br)o3)nc2c1)C1CCCCC1. The zero-order chi connectivity index (χ0) is 19.7. The van der Waals surface area contributed by atoms with Crippen molar-refractivity contribution in [2.75, 3.05) is 12.3 Å². The number of aromatic nitrogens is 3. The Morgan fingerprint density at radius 3 is 2.82 bits per heavy atom. The smallest absolute Gasteiger partial charge is 0.254 e. The largest absolute Gasteiger partial charge is 0.446 e. The second-order valence-corrected chi connectivity index (χ2v) is 7.80. The fourth-order valence-electron chi connectivity index (χ4n) is 3.77. The van der Waals surface area contributed by atoms with Crippen LogP contribution in [-0.2, 0) is 0 Å². The third-order valence-corrected chi connectivity index (χ3v) is 5.53. The molecule has 8 heteroatoms. The maximum atomic E-state index is 13.3. The lowest BCUT2D eigenvalue weighted by Gasteiger charge is -2.33. The highest BCUT2D eigenvalue weighted by molar-refractivity contribution is 9.10. The van der Waals surface area contributed by atoms with Crippen LogP contribution in [0.5, 0.6) is 0 Å². The predicted octanol–water partition coefficient (Wildman–Crippen LogP) is 4.29. The molecular weight excluding hydrogens is 422 g/mol. The van der Waals surface area contributed by atoms with Gasteiger partial charge in [0.25, 0.3) is 5.91 Å². The molecule has 0 radical (unpaired) electrons. The van der Waals surface area contributed by atoms with Crippen molar-refractivity contribution in [2.24, 2.45) is 0 Å². The van der Waals surface area contributed by atoms with Gasteiger partial charge in [0.05, 0.1) is 0 Å². The van der Waals surface area contributed by atoms with Crippen molar-refractivity contribution in [2.45, 2.75) is 38.1 Å². The maximum Gasteiger partial charge on any atom is 0.254 e. The number of carbonyl (C=O) groups excluding carboxylic acids is 1. The van der Waals surface area contributed by atoms with Gasteiger partial charge in [-0.15, -0.1) is 11.7 Å². The van der Waals surface area contributed by atoms with Gasteiger partial charge >= 0.3 is 0 Å². The molecular formula is C20H22BrN5O2. The molecule has 28 heavy (non-hydrogen) atoms. The van der Waals surface area contributed by atoms with Gasteiger partial charge in [0.15, 0.2) is 16.1 Å². The van der Waals surface area contributed by atoms with Gasteiger partial charge in [0, 0.05) is 18.2 Å². The number of nitrogens with zero attached hydrogens (tertiary/aromatic N) is 4. The van der Waals surface area contributed by atoms with Crippen molar-refractivity contribution in [3.8, 4) is 11.6 Å². The number of amides is 1. The molecule has 3 aromatic heterocycles. The van der Waals surface area contributed by atoms with Gasteiger partial charge in [-0.05, 0) is 53.0 Å². The minimum Gasteiger partial charge on any atom is -0.446 e. The molecule has 4 rings (SSSR count). The van der Waals surface area contributed by atoms with E-state index in [4.69, 9.17) is 10.2 Å². The number of nitrogen functional groups attached to an aromatic ring is 1. The molecule has 0 aliphatic heterocycles. The van der Waals surface area contributed by atoms with Crippen molar-refractivity contribution in [3.63, 3.8) is 0 Å². The average molecular weight is 444 g/mol. The number of hydrogen-bond acceptors (Lipinski definition) is 5. The molecule has 0 bridgehead atoms. The number of halogens is 1. The third kappa shape index (κ3) is 3.56. The summed E-state index contributed by atoms with van der Waals surface area (Å²) in [6.07, 6.45) is 7.37. The van der Waals surface area contributed by atoms with E-state index in [-0.39, 0.29) is 11.9 Å². The minimum atomic E-state index is -0.0497. The van der Waals surface area contributed by atoms with Crippen LogP contribution >= 0.6 is 15.9 Å². The lowest BCUT2D eigenvalue weighted by molar-refractivity contribution is 0.0663. The number of pyridine rings is 1. The minimum absolute atomic E-state index is 0.0497. The van der Waals surface area contributed by atoms with Crippen molar-refractivity contribution in [1.29, 1.82) is 0 Å². The molecule has 1 fully saturated rings. The normalized spacial score (nSPS) is 15.0. The van der Waals surface area contributed by atoms with Gasteiger partial charge in [-0.1, -0.05) is 25.3 Å². The fraction of sp³-hybridized carbons (Fsp3) is 0.350. The second-order valence-electron chi connectivity index (χ2n) is 7.02. The highest BCUT2D eigenvalue weighted by Gasteiger charge is 2.26. The van der Waals surface area contributed by atoms with Gasteiger partial charge < -0.3 is 15.1 Å². The Morgan fingerprint density at radius 2 is 2.14 bits per heavy atom. The number of hydrogen-bond donors (Lipinski definition) is 1. The van der Waals surface area contributed by atoms with Crippen molar-refractivity contribution >= 4 is 33.3 Å². The van der Waals surface area contributed by atoms with Gasteiger partial charge in [-0.3, -0.25) is 4.79 Å². The number of carbonyl (C=O) groups is 1. The summed E-state index contributed by atoms with van der Waals surface area (Å²) in [5.41, 5.74) is 7.19. The first-order valence-corrected chi connectivity index (χ1v) is 10.2. The molecule has 3 aromatic rings. The molecule has 1 amide bonds. The van der Waals surface area contributed by atoms with Crippen molar-refractivity contribution in [3.05, 3.63) is 47.2 Å². The van der Waals surface area contributed by atoms with Gasteiger partial charge in [-0.25, -0.2) is 4.98 Å². The number of nitrogens with two attached hydrogens (primary N) is 1. The van der Waals surface area contributed by atoms with Crippen LogP contribution in [0.1, 0.15) is 42.5 Å². The highest BCUT2D eigenvalue weighted by atomic mass is 79.9. The molecule has 0 aromatic carbocycles. The number of anilines is 1. The van der Waals surface area contributed by atoms with Crippen molar-refractivity contribution in [1.82, 2.24) is 19.5 Å². The molecule has 1 aliphatic carbocycles. The molecule has 0 atom stereocenters. The molecule has 146 valence electrons. The van der Waals surface area contributed by atoms with Crippen LogP contribution in [0.4, 0.5) is 5.82 Å². The van der Waals surface area contributed by atoms with E-state index >= 15 is 0 Å².